The van der Waals surface area contributed by atoms with Crippen molar-refractivity contribution >= 4 is 11.8 Å². The molecule has 0 saturated carbocycles. The maximum Gasteiger partial charge on any atom is 0.275 e. The second-order valence-electron chi connectivity index (χ2n) is 9.59. The van der Waals surface area contributed by atoms with Crippen LogP contribution in [-0.2, 0) is 13.1 Å². The molecule has 3 aliphatic heterocycles. The van der Waals surface area contributed by atoms with E-state index in [4.69, 9.17) is 4.74 Å². The Balaban J connectivity index is 1.40. The lowest BCUT2D eigenvalue weighted by Gasteiger charge is -2.48. The summed E-state index contributed by atoms with van der Waals surface area (Å²) < 4.78 is 7.77. The van der Waals surface area contributed by atoms with Crippen LogP contribution in [0.3, 0.4) is 0 Å². The highest BCUT2D eigenvalue weighted by atomic mass is 16.5. The topological polar surface area (TPSA) is 83.9 Å². The summed E-state index contributed by atoms with van der Waals surface area (Å²) in [6, 6.07) is 18.9. The lowest BCUT2D eigenvalue weighted by Crippen LogP contribution is -2.62. The molecule has 0 spiro atoms. The van der Waals surface area contributed by atoms with Crippen molar-refractivity contribution in [3.8, 4) is 11.5 Å². The van der Waals surface area contributed by atoms with Gasteiger partial charge in [0.05, 0.1) is 6.54 Å². The van der Waals surface area contributed by atoms with Gasteiger partial charge in [-0.25, -0.2) is 0 Å². The molecular weight excluding hydrogens is 456 g/mol. The number of nitrogens with zero attached hydrogens (tertiary/aromatic N) is 3. The monoisotopic (exact) mass is 484 g/mol. The molecule has 3 aliphatic rings. The summed E-state index contributed by atoms with van der Waals surface area (Å²) >= 11 is 0. The van der Waals surface area contributed by atoms with Gasteiger partial charge in [0, 0.05) is 31.9 Å². The fourth-order valence-electron chi connectivity index (χ4n) is 5.67. The minimum absolute atomic E-state index is 0.0318. The van der Waals surface area contributed by atoms with Gasteiger partial charge in [-0.15, -0.1) is 0 Å². The van der Waals surface area contributed by atoms with Gasteiger partial charge in [-0.05, 0) is 37.0 Å². The van der Waals surface area contributed by atoms with Crippen molar-refractivity contribution < 1.29 is 14.3 Å². The SMILES string of the molecule is O=C(NCc1ccccc1)c1cn2c(c(Oc3ccccc3)c1=O)C(=O)N1CC[C@@H]3CCCN3[C@@H]1C2. The van der Waals surface area contributed by atoms with E-state index >= 15 is 0 Å². The fourth-order valence-corrected chi connectivity index (χ4v) is 5.67. The molecule has 0 unspecified atom stereocenters. The van der Waals surface area contributed by atoms with Crippen LogP contribution in [0.1, 0.15) is 45.7 Å². The van der Waals surface area contributed by atoms with Crippen LogP contribution in [0, 0.1) is 0 Å². The lowest BCUT2D eigenvalue weighted by atomic mass is 10.0. The van der Waals surface area contributed by atoms with E-state index in [0.717, 1.165) is 31.4 Å². The molecule has 2 fully saturated rings. The molecule has 184 valence electrons. The Morgan fingerprint density at radius 3 is 2.50 bits per heavy atom. The molecule has 2 atom stereocenters. The molecule has 1 aromatic heterocycles. The Morgan fingerprint density at radius 1 is 0.972 bits per heavy atom. The first-order chi connectivity index (χ1) is 17.6. The molecule has 8 nitrogen and oxygen atoms in total. The van der Waals surface area contributed by atoms with Crippen molar-refractivity contribution in [2.45, 2.75) is 44.6 Å². The first-order valence-electron chi connectivity index (χ1n) is 12.5. The molecule has 3 aromatic rings. The highest BCUT2D eigenvalue weighted by Gasteiger charge is 2.45. The maximum atomic E-state index is 13.8. The third-order valence-electron chi connectivity index (χ3n) is 7.43. The second kappa shape index (κ2) is 9.28. The van der Waals surface area contributed by atoms with Gasteiger partial charge in [-0.1, -0.05) is 48.5 Å². The van der Waals surface area contributed by atoms with Crippen LogP contribution in [0.4, 0.5) is 0 Å². The van der Waals surface area contributed by atoms with Gasteiger partial charge in [0.1, 0.15) is 17.5 Å². The standard InChI is InChI=1S/C28H28N4O4/c33-25-22(27(34)29-16-19-8-3-1-4-9-19)17-30-18-23-31-14-7-10-20(31)13-15-32(23)28(35)24(30)26(25)36-21-11-5-2-6-12-21/h1-6,8-9,11-12,17,20,23H,7,10,13-16,18H2,(H,29,34)/t20-,23-/m0/s1. The smallest absolute Gasteiger partial charge is 0.275 e. The third-order valence-corrected chi connectivity index (χ3v) is 7.43. The van der Waals surface area contributed by atoms with Crippen molar-refractivity contribution in [2.75, 3.05) is 13.1 Å². The number of para-hydroxylation sites is 1. The van der Waals surface area contributed by atoms with Gasteiger partial charge in [0.25, 0.3) is 11.8 Å². The number of hydrogen-bond acceptors (Lipinski definition) is 5. The zero-order valence-corrected chi connectivity index (χ0v) is 19.9. The number of ether oxygens (including phenoxy) is 1. The highest BCUT2D eigenvalue weighted by Crippen LogP contribution is 2.35. The Hall–Kier alpha value is -3.91. The largest absolute Gasteiger partial charge is 0.451 e. The van der Waals surface area contributed by atoms with Gasteiger partial charge in [-0.3, -0.25) is 19.3 Å². The molecule has 0 bridgehead atoms. The van der Waals surface area contributed by atoms with Gasteiger partial charge >= 0.3 is 0 Å². The van der Waals surface area contributed by atoms with E-state index in [9.17, 15) is 14.4 Å². The summed E-state index contributed by atoms with van der Waals surface area (Å²) in [7, 11) is 0. The summed E-state index contributed by atoms with van der Waals surface area (Å²) in [5.74, 6) is -0.376. The van der Waals surface area contributed by atoms with E-state index in [0.29, 0.717) is 31.4 Å². The van der Waals surface area contributed by atoms with Crippen LogP contribution in [0.5, 0.6) is 11.5 Å². The number of aromatic nitrogens is 1. The Morgan fingerprint density at radius 2 is 1.72 bits per heavy atom. The first kappa shape index (κ1) is 22.5. The number of carbonyl (C=O) groups excluding carboxylic acids is 2. The Kier molecular flexibility index (Phi) is 5.81. The summed E-state index contributed by atoms with van der Waals surface area (Å²) in [4.78, 5) is 44.8. The van der Waals surface area contributed by atoms with Gasteiger partial charge in [0.15, 0.2) is 5.69 Å². The maximum absolute atomic E-state index is 13.8. The van der Waals surface area contributed by atoms with Crippen LogP contribution >= 0.6 is 0 Å². The number of hydrogen-bond donors (Lipinski definition) is 1. The molecule has 8 heteroatoms. The molecule has 6 rings (SSSR count). The van der Waals surface area contributed by atoms with E-state index < -0.39 is 11.3 Å². The predicted molar refractivity (Wildman–Crippen MR) is 134 cm³/mol. The zero-order valence-electron chi connectivity index (χ0n) is 19.9. The molecule has 1 N–H and O–H groups in total. The number of pyridine rings is 1. The highest BCUT2D eigenvalue weighted by molar-refractivity contribution is 5.99. The van der Waals surface area contributed by atoms with E-state index in [1.807, 2.05) is 41.3 Å². The first-order valence-corrected chi connectivity index (χ1v) is 12.5. The van der Waals surface area contributed by atoms with Crippen LogP contribution in [-0.4, -0.2) is 51.5 Å². The summed E-state index contributed by atoms with van der Waals surface area (Å²) in [6.07, 6.45) is 4.64. The van der Waals surface area contributed by atoms with Crippen LogP contribution in [0.15, 0.2) is 71.7 Å². The lowest BCUT2D eigenvalue weighted by molar-refractivity contribution is -0.0210. The van der Waals surface area contributed by atoms with Crippen molar-refractivity contribution in [2.24, 2.45) is 0 Å². The molecule has 2 amide bonds. The number of fused-ring (bicyclic) bond motifs is 4. The van der Waals surface area contributed by atoms with E-state index in [1.54, 1.807) is 28.8 Å². The average molecular weight is 485 g/mol. The van der Waals surface area contributed by atoms with Crippen molar-refractivity contribution in [1.29, 1.82) is 0 Å². The Labute approximate surface area is 209 Å². The van der Waals surface area contributed by atoms with E-state index in [-0.39, 0.29) is 29.1 Å². The number of nitrogens with one attached hydrogen (secondary N) is 1. The quantitative estimate of drug-likeness (QED) is 0.601. The molecule has 2 saturated heterocycles. The zero-order chi connectivity index (χ0) is 24.6. The van der Waals surface area contributed by atoms with Crippen LogP contribution in [0.25, 0.3) is 0 Å². The van der Waals surface area contributed by atoms with Gasteiger partial charge in [0.2, 0.25) is 11.2 Å². The van der Waals surface area contributed by atoms with E-state index in [2.05, 4.69) is 10.2 Å². The van der Waals surface area contributed by atoms with Gasteiger partial charge < -0.3 is 19.5 Å². The molecule has 0 radical (unpaired) electrons. The normalized spacial score (nSPS) is 20.9. The third kappa shape index (κ3) is 3.97. The van der Waals surface area contributed by atoms with Crippen molar-refractivity contribution in [1.82, 2.24) is 19.7 Å². The Bertz CT molecular complexity index is 1360. The molecule has 2 aromatic carbocycles. The second-order valence-corrected chi connectivity index (χ2v) is 9.59. The molecule has 0 aliphatic carbocycles. The number of carbonyl (C=O) groups is 2. The molecule has 4 heterocycles. The number of rotatable bonds is 5. The van der Waals surface area contributed by atoms with Crippen molar-refractivity contribution in [3.05, 3.63) is 93.9 Å². The summed E-state index contributed by atoms with van der Waals surface area (Å²) in [5.41, 5.74) is 0.518. The minimum Gasteiger partial charge on any atom is -0.451 e. The van der Waals surface area contributed by atoms with Crippen molar-refractivity contribution in [3.63, 3.8) is 0 Å². The average Bonchev–Trinajstić information content (AvgIpc) is 3.40. The number of benzene rings is 2. The summed E-state index contributed by atoms with van der Waals surface area (Å²) in [6.45, 7) is 2.39. The fraction of sp³-hybridized carbons (Fsp3) is 0.321. The number of amides is 2. The minimum atomic E-state index is -0.585. The molecule has 36 heavy (non-hydrogen) atoms. The van der Waals surface area contributed by atoms with Crippen LogP contribution in [0.2, 0.25) is 0 Å². The molecular formula is C28H28N4O4. The van der Waals surface area contributed by atoms with Crippen LogP contribution < -0.4 is 15.5 Å². The van der Waals surface area contributed by atoms with Gasteiger partial charge in [-0.2, -0.15) is 0 Å². The predicted octanol–water partition coefficient (Wildman–Crippen LogP) is 3.22. The van der Waals surface area contributed by atoms with E-state index in [1.165, 1.54) is 6.20 Å². The summed E-state index contributed by atoms with van der Waals surface area (Å²) in [5, 5.41) is 2.84.